The van der Waals surface area contributed by atoms with E-state index in [0.717, 1.165) is 12.8 Å². The maximum atomic E-state index is 12.1. The first-order valence-electron chi connectivity index (χ1n) is 6.33. The molecule has 1 saturated heterocycles. The molecule has 1 fully saturated rings. The molecule has 0 saturated carbocycles. The van der Waals surface area contributed by atoms with E-state index < -0.39 is 24.0 Å². The summed E-state index contributed by atoms with van der Waals surface area (Å²) in [5.41, 5.74) is 5.69. The molecule has 1 rings (SSSR count). The van der Waals surface area contributed by atoms with Gasteiger partial charge in [-0.2, -0.15) is 0 Å². The van der Waals surface area contributed by atoms with Gasteiger partial charge in [-0.1, -0.05) is 0 Å². The number of carboxylic acid groups (broad SMARTS) is 1. The first kappa shape index (κ1) is 15.4. The second kappa shape index (κ2) is 7.08. The number of piperidine rings is 1. The number of ether oxygens (including phenoxy) is 1. The molecule has 1 aliphatic rings. The number of nitrogens with two attached hydrogens (primary N) is 1. The third kappa shape index (κ3) is 4.20. The standard InChI is InChI=1S/C12H20N2O5/c1-19-12(18)9-4-2-3-7-14(9)11(17)8(13)5-6-10(15)16/h8-9H,2-7,13H2,1H3,(H,15,16). The van der Waals surface area contributed by atoms with Gasteiger partial charge in [0.25, 0.3) is 0 Å². The van der Waals surface area contributed by atoms with Crippen molar-refractivity contribution in [2.24, 2.45) is 5.73 Å². The molecule has 0 aliphatic carbocycles. The predicted molar refractivity (Wildman–Crippen MR) is 66.2 cm³/mol. The number of methoxy groups -OCH3 is 1. The fraction of sp³-hybridized carbons (Fsp3) is 0.750. The van der Waals surface area contributed by atoms with Crippen LogP contribution in [0.4, 0.5) is 0 Å². The van der Waals surface area contributed by atoms with Gasteiger partial charge in [-0.25, -0.2) is 4.79 Å². The average Bonchev–Trinajstić information content (AvgIpc) is 2.42. The van der Waals surface area contributed by atoms with Crippen LogP contribution in [-0.4, -0.2) is 53.6 Å². The van der Waals surface area contributed by atoms with E-state index in [-0.39, 0.29) is 18.7 Å². The highest BCUT2D eigenvalue weighted by Crippen LogP contribution is 2.19. The van der Waals surface area contributed by atoms with Gasteiger partial charge in [-0.3, -0.25) is 9.59 Å². The SMILES string of the molecule is COC(=O)C1CCCCN1C(=O)C(N)CCC(=O)O. The predicted octanol–water partition coefficient (Wildman–Crippen LogP) is -0.267. The van der Waals surface area contributed by atoms with Crippen molar-refractivity contribution in [2.75, 3.05) is 13.7 Å². The fourth-order valence-electron chi connectivity index (χ4n) is 2.19. The van der Waals surface area contributed by atoms with Crippen LogP contribution >= 0.6 is 0 Å². The maximum absolute atomic E-state index is 12.1. The zero-order valence-electron chi connectivity index (χ0n) is 11.0. The molecule has 2 unspecified atom stereocenters. The van der Waals surface area contributed by atoms with Gasteiger partial charge in [0, 0.05) is 13.0 Å². The Labute approximate surface area is 111 Å². The van der Waals surface area contributed by atoms with E-state index in [2.05, 4.69) is 4.74 Å². The van der Waals surface area contributed by atoms with Gasteiger partial charge in [-0.05, 0) is 25.7 Å². The molecule has 0 aromatic carbocycles. The van der Waals surface area contributed by atoms with Crippen LogP contribution in [0.3, 0.4) is 0 Å². The molecular formula is C12H20N2O5. The molecule has 1 aliphatic heterocycles. The topological polar surface area (TPSA) is 110 Å². The molecular weight excluding hydrogens is 252 g/mol. The smallest absolute Gasteiger partial charge is 0.328 e. The highest BCUT2D eigenvalue weighted by atomic mass is 16.5. The Morgan fingerprint density at radius 1 is 1.42 bits per heavy atom. The van der Waals surface area contributed by atoms with Gasteiger partial charge in [0.2, 0.25) is 5.91 Å². The summed E-state index contributed by atoms with van der Waals surface area (Å²) in [6, 6.07) is -1.48. The van der Waals surface area contributed by atoms with Gasteiger partial charge in [0.1, 0.15) is 6.04 Å². The maximum Gasteiger partial charge on any atom is 0.328 e. The van der Waals surface area contributed by atoms with Crippen LogP contribution in [0, 0.1) is 0 Å². The van der Waals surface area contributed by atoms with Crippen molar-refractivity contribution >= 4 is 17.8 Å². The third-order valence-electron chi connectivity index (χ3n) is 3.25. The Balaban J connectivity index is 2.65. The summed E-state index contributed by atoms with van der Waals surface area (Å²) in [5, 5.41) is 8.58. The van der Waals surface area contributed by atoms with Crippen molar-refractivity contribution in [3.8, 4) is 0 Å². The summed E-state index contributed by atoms with van der Waals surface area (Å²) in [6.45, 7) is 0.458. The quantitative estimate of drug-likeness (QED) is 0.667. The molecule has 0 spiro atoms. The van der Waals surface area contributed by atoms with Gasteiger partial charge in [-0.15, -0.1) is 0 Å². The average molecular weight is 272 g/mol. The number of amides is 1. The van der Waals surface area contributed by atoms with Crippen molar-refractivity contribution < 1.29 is 24.2 Å². The molecule has 108 valence electrons. The van der Waals surface area contributed by atoms with Gasteiger partial charge < -0.3 is 20.5 Å². The molecule has 0 aromatic heterocycles. The van der Waals surface area contributed by atoms with Crippen LogP contribution in [0.5, 0.6) is 0 Å². The molecule has 1 heterocycles. The van der Waals surface area contributed by atoms with E-state index >= 15 is 0 Å². The summed E-state index contributed by atoms with van der Waals surface area (Å²) in [7, 11) is 1.28. The molecule has 1 amide bonds. The summed E-state index contributed by atoms with van der Waals surface area (Å²) in [4.78, 5) is 35.6. The highest BCUT2D eigenvalue weighted by Gasteiger charge is 2.34. The molecule has 3 N–H and O–H groups in total. The summed E-state index contributed by atoms with van der Waals surface area (Å²) >= 11 is 0. The summed E-state index contributed by atoms with van der Waals surface area (Å²) in [6.07, 6.45) is 2.13. The second-order valence-electron chi connectivity index (χ2n) is 4.61. The van der Waals surface area contributed by atoms with Crippen molar-refractivity contribution in [1.29, 1.82) is 0 Å². The molecule has 0 radical (unpaired) electrons. The van der Waals surface area contributed by atoms with Crippen LogP contribution in [0.25, 0.3) is 0 Å². The van der Waals surface area contributed by atoms with Gasteiger partial charge >= 0.3 is 11.9 Å². The number of aliphatic carboxylic acids is 1. The van der Waals surface area contributed by atoms with Crippen molar-refractivity contribution in [2.45, 2.75) is 44.2 Å². The Hall–Kier alpha value is -1.63. The lowest BCUT2D eigenvalue weighted by atomic mass is 10.00. The molecule has 7 heteroatoms. The van der Waals surface area contributed by atoms with E-state index in [1.807, 2.05) is 0 Å². The first-order chi connectivity index (χ1) is 8.97. The number of carboxylic acids is 1. The number of rotatable bonds is 5. The normalized spacial score (nSPS) is 20.7. The van der Waals surface area contributed by atoms with E-state index in [1.54, 1.807) is 0 Å². The number of hydrogen-bond acceptors (Lipinski definition) is 5. The summed E-state index contributed by atoms with van der Waals surface area (Å²) < 4.78 is 4.68. The highest BCUT2D eigenvalue weighted by molar-refractivity contribution is 5.88. The fourth-order valence-corrected chi connectivity index (χ4v) is 2.19. The minimum Gasteiger partial charge on any atom is -0.481 e. The number of esters is 1. The van der Waals surface area contributed by atoms with E-state index in [0.29, 0.717) is 13.0 Å². The van der Waals surface area contributed by atoms with E-state index in [9.17, 15) is 14.4 Å². The number of nitrogens with zero attached hydrogens (tertiary/aromatic N) is 1. The first-order valence-corrected chi connectivity index (χ1v) is 6.33. The number of carbonyl (C=O) groups is 3. The monoisotopic (exact) mass is 272 g/mol. The lowest BCUT2D eigenvalue weighted by Crippen LogP contribution is -2.53. The third-order valence-corrected chi connectivity index (χ3v) is 3.25. The minimum atomic E-state index is -0.994. The largest absolute Gasteiger partial charge is 0.481 e. The number of carbonyl (C=O) groups excluding carboxylic acids is 2. The van der Waals surface area contributed by atoms with E-state index in [4.69, 9.17) is 10.8 Å². The summed E-state index contributed by atoms with van der Waals surface area (Å²) in [5.74, 6) is -1.82. The molecule has 7 nitrogen and oxygen atoms in total. The number of hydrogen-bond donors (Lipinski definition) is 2. The van der Waals surface area contributed by atoms with Gasteiger partial charge in [0.05, 0.1) is 13.2 Å². The van der Waals surface area contributed by atoms with Crippen LogP contribution in [0.15, 0.2) is 0 Å². The zero-order valence-corrected chi connectivity index (χ0v) is 11.0. The molecule has 0 aromatic rings. The Kier molecular flexibility index (Phi) is 5.75. The van der Waals surface area contributed by atoms with Crippen LogP contribution in [0.1, 0.15) is 32.1 Å². The molecule has 19 heavy (non-hydrogen) atoms. The van der Waals surface area contributed by atoms with E-state index in [1.165, 1.54) is 12.0 Å². The van der Waals surface area contributed by atoms with Crippen molar-refractivity contribution in [3.63, 3.8) is 0 Å². The molecule has 0 bridgehead atoms. The second-order valence-corrected chi connectivity index (χ2v) is 4.61. The van der Waals surface area contributed by atoms with Crippen LogP contribution in [-0.2, 0) is 19.1 Å². The number of likely N-dealkylation sites (tertiary alicyclic amines) is 1. The lowest BCUT2D eigenvalue weighted by Gasteiger charge is -2.35. The lowest BCUT2D eigenvalue weighted by molar-refractivity contribution is -0.155. The Bertz CT molecular complexity index is 358. The van der Waals surface area contributed by atoms with Crippen LogP contribution < -0.4 is 5.73 Å². The zero-order chi connectivity index (χ0) is 14.4. The van der Waals surface area contributed by atoms with Crippen molar-refractivity contribution in [1.82, 2.24) is 4.90 Å². The molecule has 2 atom stereocenters. The van der Waals surface area contributed by atoms with Crippen molar-refractivity contribution in [3.05, 3.63) is 0 Å². The Morgan fingerprint density at radius 3 is 2.68 bits per heavy atom. The minimum absolute atomic E-state index is 0.0680. The van der Waals surface area contributed by atoms with Gasteiger partial charge in [0.15, 0.2) is 0 Å². The van der Waals surface area contributed by atoms with Crippen LogP contribution in [0.2, 0.25) is 0 Å². The Morgan fingerprint density at radius 2 is 2.11 bits per heavy atom.